The minimum absolute atomic E-state index is 0.0173. The van der Waals surface area contributed by atoms with Gasteiger partial charge in [0.25, 0.3) is 0 Å². The molecule has 2 aromatic rings. The highest BCUT2D eigenvalue weighted by molar-refractivity contribution is 6.31. The fourth-order valence-corrected chi connectivity index (χ4v) is 3.25. The van der Waals surface area contributed by atoms with Gasteiger partial charge in [-0.15, -0.1) is 5.10 Å². The molecule has 0 unspecified atom stereocenters. The maximum Gasteiger partial charge on any atom is 0.227 e. The SMILES string of the molecule is O=C(Cc1c(F)cccc1Cl)N1CCC[C@H]1Cn1cc(CO)nn1. The van der Waals surface area contributed by atoms with Crippen LogP contribution in [-0.4, -0.2) is 43.5 Å². The van der Waals surface area contributed by atoms with Crippen molar-refractivity contribution in [3.63, 3.8) is 0 Å². The van der Waals surface area contributed by atoms with E-state index in [2.05, 4.69) is 10.3 Å². The summed E-state index contributed by atoms with van der Waals surface area (Å²) < 4.78 is 15.5. The molecule has 1 atom stereocenters. The van der Waals surface area contributed by atoms with Gasteiger partial charge in [-0.1, -0.05) is 22.9 Å². The van der Waals surface area contributed by atoms with Crippen molar-refractivity contribution in [1.82, 2.24) is 19.9 Å². The molecule has 1 amide bonds. The molecule has 8 heteroatoms. The highest BCUT2D eigenvalue weighted by Crippen LogP contribution is 2.24. The Bertz CT molecular complexity index is 716. The lowest BCUT2D eigenvalue weighted by molar-refractivity contribution is -0.131. The normalized spacial score (nSPS) is 17.5. The predicted molar refractivity (Wildman–Crippen MR) is 85.8 cm³/mol. The lowest BCUT2D eigenvalue weighted by atomic mass is 10.1. The van der Waals surface area contributed by atoms with Crippen LogP contribution in [0.25, 0.3) is 0 Å². The zero-order valence-corrected chi connectivity index (χ0v) is 13.8. The summed E-state index contributed by atoms with van der Waals surface area (Å²) in [5.41, 5.74) is 0.724. The number of benzene rings is 1. The van der Waals surface area contributed by atoms with E-state index < -0.39 is 5.82 Å². The van der Waals surface area contributed by atoms with Crippen molar-refractivity contribution in [2.24, 2.45) is 0 Å². The molecule has 6 nitrogen and oxygen atoms in total. The van der Waals surface area contributed by atoms with Gasteiger partial charge in [0.2, 0.25) is 5.91 Å². The molecule has 0 saturated carbocycles. The number of hydrogen-bond donors (Lipinski definition) is 1. The number of aliphatic hydroxyl groups is 1. The van der Waals surface area contributed by atoms with Crippen LogP contribution < -0.4 is 0 Å². The molecule has 1 saturated heterocycles. The van der Waals surface area contributed by atoms with Crippen molar-refractivity contribution in [2.75, 3.05) is 6.54 Å². The van der Waals surface area contributed by atoms with Crippen LogP contribution in [0.15, 0.2) is 24.4 Å². The molecule has 1 aliphatic heterocycles. The first-order valence-electron chi connectivity index (χ1n) is 7.80. The second kappa shape index (κ2) is 7.27. The minimum Gasteiger partial charge on any atom is -0.390 e. The molecule has 1 fully saturated rings. The average Bonchev–Trinajstić information content (AvgIpc) is 3.20. The third-order valence-electron chi connectivity index (χ3n) is 4.23. The molecule has 0 bridgehead atoms. The first-order chi connectivity index (χ1) is 11.6. The Morgan fingerprint density at radius 2 is 2.29 bits per heavy atom. The zero-order valence-electron chi connectivity index (χ0n) is 13.0. The lowest BCUT2D eigenvalue weighted by Crippen LogP contribution is -2.39. The fraction of sp³-hybridized carbons (Fsp3) is 0.438. The van der Waals surface area contributed by atoms with Crippen LogP contribution in [0.1, 0.15) is 24.1 Å². The van der Waals surface area contributed by atoms with E-state index in [1.54, 1.807) is 21.8 Å². The number of carbonyl (C=O) groups is 1. The van der Waals surface area contributed by atoms with Gasteiger partial charge < -0.3 is 10.0 Å². The van der Waals surface area contributed by atoms with E-state index >= 15 is 0 Å². The van der Waals surface area contributed by atoms with Gasteiger partial charge in [-0.25, -0.2) is 4.39 Å². The van der Waals surface area contributed by atoms with Gasteiger partial charge in [-0.3, -0.25) is 9.48 Å². The van der Waals surface area contributed by atoms with Crippen LogP contribution >= 0.6 is 11.6 Å². The Kier molecular flexibility index (Phi) is 5.11. The van der Waals surface area contributed by atoms with Crippen LogP contribution in [0.4, 0.5) is 4.39 Å². The Labute approximate surface area is 143 Å². The Balaban J connectivity index is 1.69. The van der Waals surface area contributed by atoms with E-state index in [1.807, 2.05) is 0 Å². The summed E-state index contributed by atoms with van der Waals surface area (Å²) >= 11 is 6.01. The lowest BCUT2D eigenvalue weighted by Gasteiger charge is -2.25. The summed E-state index contributed by atoms with van der Waals surface area (Å²) in [7, 11) is 0. The quantitative estimate of drug-likeness (QED) is 0.890. The van der Waals surface area contributed by atoms with Crippen LogP contribution in [0.2, 0.25) is 5.02 Å². The monoisotopic (exact) mass is 352 g/mol. The molecule has 0 aliphatic carbocycles. The Morgan fingerprint density at radius 1 is 1.46 bits per heavy atom. The molecular formula is C16H18ClFN4O2. The van der Waals surface area contributed by atoms with Gasteiger partial charge >= 0.3 is 0 Å². The second-order valence-electron chi connectivity index (χ2n) is 5.85. The molecule has 1 aliphatic rings. The summed E-state index contributed by atoms with van der Waals surface area (Å²) in [4.78, 5) is 14.3. The number of halogens is 2. The highest BCUT2D eigenvalue weighted by atomic mass is 35.5. The molecule has 0 radical (unpaired) electrons. The van der Waals surface area contributed by atoms with E-state index in [1.165, 1.54) is 12.1 Å². The van der Waals surface area contributed by atoms with Crippen molar-refractivity contribution >= 4 is 17.5 Å². The fourth-order valence-electron chi connectivity index (χ4n) is 3.02. The predicted octanol–water partition coefficient (Wildman–Crippen LogP) is 1.80. The molecule has 1 N–H and O–H groups in total. The zero-order chi connectivity index (χ0) is 17.1. The molecule has 128 valence electrons. The first kappa shape index (κ1) is 16.9. The van der Waals surface area contributed by atoms with Crippen molar-refractivity contribution in [2.45, 2.75) is 38.5 Å². The van der Waals surface area contributed by atoms with Gasteiger partial charge in [-0.2, -0.15) is 0 Å². The van der Waals surface area contributed by atoms with Crippen molar-refractivity contribution < 1.29 is 14.3 Å². The Morgan fingerprint density at radius 3 is 3.00 bits per heavy atom. The van der Waals surface area contributed by atoms with Gasteiger partial charge in [0.05, 0.1) is 31.8 Å². The van der Waals surface area contributed by atoms with Crippen LogP contribution in [-0.2, 0) is 24.4 Å². The van der Waals surface area contributed by atoms with Crippen LogP contribution in [0, 0.1) is 5.82 Å². The van der Waals surface area contributed by atoms with E-state index in [-0.39, 0.29) is 35.6 Å². The largest absolute Gasteiger partial charge is 0.390 e. The highest BCUT2D eigenvalue weighted by Gasteiger charge is 2.30. The van der Waals surface area contributed by atoms with E-state index in [9.17, 15) is 9.18 Å². The molecule has 0 spiro atoms. The van der Waals surface area contributed by atoms with E-state index in [4.69, 9.17) is 16.7 Å². The maximum absolute atomic E-state index is 13.9. The number of likely N-dealkylation sites (tertiary alicyclic amines) is 1. The van der Waals surface area contributed by atoms with E-state index in [0.29, 0.717) is 18.8 Å². The summed E-state index contributed by atoms with van der Waals surface area (Å²) in [6.07, 6.45) is 3.35. The molecule has 3 rings (SSSR count). The van der Waals surface area contributed by atoms with Crippen LogP contribution in [0.3, 0.4) is 0 Å². The number of aliphatic hydroxyl groups excluding tert-OH is 1. The van der Waals surface area contributed by atoms with Crippen molar-refractivity contribution in [1.29, 1.82) is 0 Å². The van der Waals surface area contributed by atoms with Crippen LogP contribution in [0.5, 0.6) is 0 Å². The summed E-state index contributed by atoms with van der Waals surface area (Å²) in [5.74, 6) is -0.609. The summed E-state index contributed by atoms with van der Waals surface area (Å²) in [5, 5.41) is 17.1. The topological polar surface area (TPSA) is 71.2 Å². The molecular weight excluding hydrogens is 335 g/mol. The first-order valence-corrected chi connectivity index (χ1v) is 8.18. The summed E-state index contributed by atoms with van der Waals surface area (Å²) in [6, 6.07) is 4.40. The standard InChI is InChI=1S/C16H18ClFN4O2/c17-14-4-1-5-15(18)13(14)7-16(24)22-6-2-3-12(22)9-21-8-11(10-23)19-20-21/h1,4-5,8,12,23H,2-3,6-7,9-10H2/t12-/m0/s1. The number of amides is 1. The molecule has 24 heavy (non-hydrogen) atoms. The van der Waals surface area contributed by atoms with Gasteiger partial charge in [0, 0.05) is 17.1 Å². The van der Waals surface area contributed by atoms with Gasteiger partial charge in [-0.05, 0) is 25.0 Å². The molecule has 1 aromatic heterocycles. The van der Waals surface area contributed by atoms with Crippen molar-refractivity contribution in [3.8, 4) is 0 Å². The number of nitrogens with zero attached hydrogens (tertiary/aromatic N) is 4. The number of carbonyl (C=O) groups excluding carboxylic acids is 1. The number of hydrogen-bond acceptors (Lipinski definition) is 4. The third kappa shape index (κ3) is 3.57. The average molecular weight is 353 g/mol. The number of rotatable bonds is 5. The number of aromatic nitrogens is 3. The van der Waals surface area contributed by atoms with Crippen molar-refractivity contribution in [3.05, 3.63) is 46.5 Å². The van der Waals surface area contributed by atoms with Gasteiger partial charge in [0.15, 0.2) is 0 Å². The third-order valence-corrected chi connectivity index (χ3v) is 4.59. The Hall–Kier alpha value is -1.99. The van der Waals surface area contributed by atoms with Gasteiger partial charge in [0.1, 0.15) is 11.5 Å². The molecule has 1 aromatic carbocycles. The molecule has 2 heterocycles. The summed E-state index contributed by atoms with van der Waals surface area (Å²) in [6.45, 7) is 0.972. The second-order valence-corrected chi connectivity index (χ2v) is 6.26. The van der Waals surface area contributed by atoms with E-state index in [0.717, 1.165) is 12.8 Å². The minimum atomic E-state index is -0.463. The maximum atomic E-state index is 13.9. The smallest absolute Gasteiger partial charge is 0.227 e.